The number of para-hydroxylation sites is 2. The number of hydrogen-bond acceptors (Lipinski definition) is 2. The lowest BCUT2D eigenvalue weighted by atomic mass is 9.77. The standard InChI is InChI=1S/C35H26N4/c1-35(18-14-26(15-19-35)39-32-9-5-3-7-28(32)30-17-21-37-23-34(30)39)24-10-12-25(13-11-24)38-31-8-4-2-6-27(31)29-16-20-36-22-33(29)38/h2-18,20-23H,19H2,1H3/t35-/m1/s1. The molecule has 0 saturated heterocycles. The highest BCUT2D eigenvalue weighted by Crippen LogP contribution is 2.39. The molecule has 4 heteroatoms. The minimum atomic E-state index is -0.0819. The Hall–Kier alpha value is -4.96. The maximum atomic E-state index is 4.43. The maximum Gasteiger partial charge on any atom is 0.0724 e. The quantitative estimate of drug-likeness (QED) is 0.243. The van der Waals surface area contributed by atoms with Crippen LogP contribution in [0.4, 0.5) is 0 Å². The van der Waals surface area contributed by atoms with E-state index in [-0.39, 0.29) is 5.41 Å². The summed E-state index contributed by atoms with van der Waals surface area (Å²) in [7, 11) is 0. The molecule has 0 saturated carbocycles. The van der Waals surface area contributed by atoms with Crippen LogP contribution in [0.15, 0.2) is 128 Å². The van der Waals surface area contributed by atoms with Crippen molar-refractivity contribution in [3.05, 3.63) is 134 Å². The summed E-state index contributed by atoms with van der Waals surface area (Å²) in [5.41, 5.74) is 8.25. The highest BCUT2D eigenvalue weighted by atomic mass is 15.0. The van der Waals surface area contributed by atoms with Crippen molar-refractivity contribution in [1.29, 1.82) is 0 Å². The molecule has 0 N–H and O–H groups in total. The van der Waals surface area contributed by atoms with E-state index in [4.69, 9.17) is 0 Å². The number of rotatable bonds is 3. The fourth-order valence-corrected chi connectivity index (χ4v) is 6.29. The molecule has 186 valence electrons. The van der Waals surface area contributed by atoms with Gasteiger partial charge >= 0.3 is 0 Å². The summed E-state index contributed by atoms with van der Waals surface area (Å²) in [6, 6.07) is 30.4. The topological polar surface area (TPSA) is 35.6 Å². The molecule has 0 amide bonds. The van der Waals surface area contributed by atoms with Gasteiger partial charge in [-0.25, -0.2) is 0 Å². The van der Waals surface area contributed by atoms with Crippen LogP contribution in [0.3, 0.4) is 0 Å². The van der Waals surface area contributed by atoms with Crippen LogP contribution >= 0.6 is 0 Å². The molecule has 0 radical (unpaired) electrons. The third-order valence-corrected chi connectivity index (χ3v) is 8.35. The van der Waals surface area contributed by atoms with Gasteiger partial charge in [0.2, 0.25) is 0 Å². The van der Waals surface area contributed by atoms with Crippen molar-refractivity contribution in [2.24, 2.45) is 0 Å². The first-order valence-electron chi connectivity index (χ1n) is 13.4. The van der Waals surface area contributed by atoms with E-state index in [1.165, 1.54) is 43.8 Å². The lowest BCUT2D eigenvalue weighted by Gasteiger charge is -2.29. The van der Waals surface area contributed by atoms with Gasteiger partial charge in [-0.05, 0) is 54.5 Å². The molecule has 39 heavy (non-hydrogen) atoms. The van der Waals surface area contributed by atoms with E-state index in [1.807, 2.05) is 24.8 Å². The summed E-state index contributed by atoms with van der Waals surface area (Å²) < 4.78 is 4.65. The van der Waals surface area contributed by atoms with E-state index in [0.29, 0.717) is 0 Å². The molecular weight excluding hydrogens is 476 g/mol. The Balaban J connectivity index is 1.17. The molecule has 1 aliphatic rings. The molecule has 0 spiro atoms. The van der Waals surface area contributed by atoms with Gasteiger partial charge in [-0.2, -0.15) is 0 Å². The van der Waals surface area contributed by atoms with Crippen molar-refractivity contribution in [3.63, 3.8) is 0 Å². The molecule has 3 aromatic carbocycles. The molecule has 7 aromatic rings. The van der Waals surface area contributed by atoms with Crippen molar-refractivity contribution in [1.82, 2.24) is 19.1 Å². The Morgan fingerprint density at radius 3 is 1.79 bits per heavy atom. The zero-order valence-electron chi connectivity index (χ0n) is 21.6. The van der Waals surface area contributed by atoms with Crippen LogP contribution in [0.1, 0.15) is 18.9 Å². The smallest absolute Gasteiger partial charge is 0.0724 e. The number of aromatic nitrogens is 4. The fourth-order valence-electron chi connectivity index (χ4n) is 6.29. The highest BCUT2D eigenvalue weighted by molar-refractivity contribution is 6.10. The summed E-state index contributed by atoms with van der Waals surface area (Å²) >= 11 is 0. The molecular formula is C35H26N4. The molecule has 0 unspecified atom stereocenters. The van der Waals surface area contributed by atoms with Crippen LogP contribution in [-0.4, -0.2) is 19.1 Å². The van der Waals surface area contributed by atoms with Gasteiger partial charge in [0.1, 0.15) is 0 Å². The average Bonchev–Trinajstić information content (AvgIpc) is 3.51. The van der Waals surface area contributed by atoms with Crippen LogP contribution in [0.2, 0.25) is 0 Å². The van der Waals surface area contributed by atoms with Crippen molar-refractivity contribution in [2.45, 2.75) is 18.8 Å². The fraction of sp³-hybridized carbons (Fsp3) is 0.0857. The number of benzene rings is 3. The summed E-state index contributed by atoms with van der Waals surface area (Å²) in [5, 5.41) is 4.97. The Morgan fingerprint density at radius 1 is 0.615 bits per heavy atom. The molecule has 0 aliphatic heterocycles. The van der Waals surface area contributed by atoms with E-state index in [9.17, 15) is 0 Å². The van der Waals surface area contributed by atoms with E-state index < -0.39 is 0 Å². The number of nitrogens with zero attached hydrogens (tertiary/aromatic N) is 4. The van der Waals surface area contributed by atoms with E-state index in [2.05, 4.69) is 129 Å². The van der Waals surface area contributed by atoms with Gasteiger partial charge in [-0.15, -0.1) is 0 Å². The second-order valence-corrected chi connectivity index (χ2v) is 10.6. The molecule has 8 rings (SSSR count). The minimum Gasteiger partial charge on any atom is -0.308 e. The number of fused-ring (bicyclic) bond motifs is 6. The van der Waals surface area contributed by atoms with Crippen molar-refractivity contribution in [2.75, 3.05) is 0 Å². The first-order chi connectivity index (χ1) is 19.2. The number of hydrogen-bond donors (Lipinski definition) is 0. The Kier molecular flexibility index (Phi) is 4.68. The Bertz CT molecular complexity index is 2000. The van der Waals surface area contributed by atoms with Crippen LogP contribution in [0, 0.1) is 0 Å². The van der Waals surface area contributed by atoms with Gasteiger partial charge in [0.25, 0.3) is 0 Å². The van der Waals surface area contributed by atoms with E-state index in [1.54, 1.807) is 0 Å². The third kappa shape index (κ3) is 3.25. The Labute approximate surface area is 226 Å². The lowest BCUT2D eigenvalue weighted by Crippen LogP contribution is -2.21. The van der Waals surface area contributed by atoms with Crippen LogP contribution in [0.5, 0.6) is 0 Å². The van der Waals surface area contributed by atoms with E-state index >= 15 is 0 Å². The Morgan fingerprint density at radius 2 is 1.18 bits per heavy atom. The average molecular weight is 503 g/mol. The summed E-state index contributed by atoms with van der Waals surface area (Å²) in [4.78, 5) is 8.85. The number of allylic oxidation sites excluding steroid dienone is 4. The van der Waals surface area contributed by atoms with Gasteiger partial charge in [-0.3, -0.25) is 9.97 Å². The van der Waals surface area contributed by atoms with Crippen molar-refractivity contribution in [3.8, 4) is 5.69 Å². The molecule has 1 aliphatic carbocycles. The molecule has 0 fully saturated rings. The minimum absolute atomic E-state index is 0.0819. The summed E-state index contributed by atoms with van der Waals surface area (Å²) in [6.07, 6.45) is 15.6. The van der Waals surface area contributed by atoms with Gasteiger partial charge in [0, 0.05) is 50.7 Å². The molecule has 0 bridgehead atoms. The maximum absolute atomic E-state index is 4.43. The van der Waals surface area contributed by atoms with Gasteiger partial charge in [-0.1, -0.05) is 67.6 Å². The zero-order chi connectivity index (χ0) is 26.0. The predicted molar refractivity (Wildman–Crippen MR) is 161 cm³/mol. The molecule has 4 aromatic heterocycles. The van der Waals surface area contributed by atoms with Crippen LogP contribution < -0.4 is 0 Å². The normalized spacial score (nSPS) is 17.4. The van der Waals surface area contributed by atoms with Crippen LogP contribution in [-0.2, 0) is 5.41 Å². The third-order valence-electron chi connectivity index (χ3n) is 8.35. The predicted octanol–water partition coefficient (Wildman–Crippen LogP) is 8.44. The van der Waals surface area contributed by atoms with Gasteiger partial charge in [0.15, 0.2) is 0 Å². The molecule has 4 nitrogen and oxygen atoms in total. The SMILES string of the molecule is C[C@@]1(c2ccc(-n3c4ccccc4c4ccncc43)cc2)C=CC(n2c3ccccc3c3ccncc32)=CC1. The molecule has 1 atom stereocenters. The highest BCUT2D eigenvalue weighted by Gasteiger charge is 2.26. The largest absolute Gasteiger partial charge is 0.308 e. The van der Waals surface area contributed by atoms with Crippen molar-refractivity contribution >= 4 is 49.3 Å². The summed E-state index contributed by atoms with van der Waals surface area (Å²) in [5.74, 6) is 0. The van der Waals surface area contributed by atoms with E-state index in [0.717, 1.165) is 23.1 Å². The summed E-state index contributed by atoms with van der Waals surface area (Å²) in [6.45, 7) is 2.32. The first kappa shape index (κ1) is 22.1. The molecule has 4 heterocycles. The van der Waals surface area contributed by atoms with Gasteiger partial charge < -0.3 is 9.13 Å². The van der Waals surface area contributed by atoms with Crippen molar-refractivity contribution < 1.29 is 0 Å². The second kappa shape index (κ2) is 8.27. The lowest BCUT2D eigenvalue weighted by molar-refractivity contribution is 0.599. The first-order valence-corrected chi connectivity index (χ1v) is 13.4. The monoisotopic (exact) mass is 502 g/mol. The second-order valence-electron chi connectivity index (χ2n) is 10.6. The van der Waals surface area contributed by atoms with Gasteiger partial charge in [0.05, 0.1) is 34.5 Å². The number of pyridine rings is 2. The van der Waals surface area contributed by atoms with Crippen LogP contribution in [0.25, 0.3) is 55.0 Å². The zero-order valence-corrected chi connectivity index (χ0v) is 21.6.